The molecule has 0 unspecified atom stereocenters. The zero-order valence-electron chi connectivity index (χ0n) is 11.0. The van der Waals surface area contributed by atoms with Crippen molar-refractivity contribution in [3.05, 3.63) is 45.9 Å². The Balaban J connectivity index is 2.51. The lowest BCUT2D eigenvalue weighted by atomic mass is 10.1. The van der Waals surface area contributed by atoms with E-state index >= 15 is 0 Å². The highest BCUT2D eigenvalue weighted by Crippen LogP contribution is 2.26. The molecule has 0 spiro atoms. The Bertz CT molecular complexity index is 666. The van der Waals surface area contributed by atoms with Gasteiger partial charge in [-0.2, -0.15) is 5.10 Å². The van der Waals surface area contributed by atoms with Gasteiger partial charge >= 0.3 is 0 Å². The fourth-order valence-corrected chi connectivity index (χ4v) is 2.29. The summed E-state index contributed by atoms with van der Waals surface area (Å²) in [5.74, 6) is -0.419. The molecule has 0 fully saturated rings. The van der Waals surface area contributed by atoms with E-state index in [4.69, 9.17) is 10.9 Å². The SMILES string of the molecule is CC(C)c1ccn(-c2ccc(/C(N)=N/O)c(Br)c2F)n1. The number of halogens is 2. The number of oxime groups is 1. The minimum Gasteiger partial charge on any atom is -0.409 e. The van der Waals surface area contributed by atoms with E-state index in [0.29, 0.717) is 5.69 Å². The van der Waals surface area contributed by atoms with E-state index < -0.39 is 5.82 Å². The van der Waals surface area contributed by atoms with Gasteiger partial charge in [0.15, 0.2) is 11.7 Å². The molecule has 7 heteroatoms. The number of aromatic nitrogens is 2. The molecular formula is C13H14BrFN4O. The van der Waals surface area contributed by atoms with Gasteiger partial charge in [-0.05, 0) is 40.0 Å². The zero-order valence-corrected chi connectivity index (χ0v) is 12.6. The van der Waals surface area contributed by atoms with Gasteiger partial charge in [-0.25, -0.2) is 9.07 Å². The van der Waals surface area contributed by atoms with E-state index in [0.717, 1.165) is 5.69 Å². The van der Waals surface area contributed by atoms with Gasteiger partial charge in [0, 0.05) is 11.8 Å². The normalized spacial score (nSPS) is 12.2. The maximum absolute atomic E-state index is 14.4. The van der Waals surface area contributed by atoms with E-state index in [2.05, 4.69) is 26.2 Å². The van der Waals surface area contributed by atoms with Gasteiger partial charge < -0.3 is 10.9 Å². The second kappa shape index (κ2) is 5.62. The number of hydrogen-bond donors (Lipinski definition) is 2. The first-order chi connectivity index (χ1) is 9.45. The van der Waals surface area contributed by atoms with Crippen molar-refractivity contribution < 1.29 is 9.60 Å². The average molecular weight is 341 g/mol. The molecule has 0 aliphatic rings. The van der Waals surface area contributed by atoms with Crippen molar-refractivity contribution in [2.75, 3.05) is 0 Å². The van der Waals surface area contributed by atoms with E-state index in [-0.39, 0.29) is 21.8 Å². The van der Waals surface area contributed by atoms with Gasteiger partial charge in [0.25, 0.3) is 0 Å². The average Bonchev–Trinajstić information content (AvgIpc) is 2.90. The van der Waals surface area contributed by atoms with Gasteiger partial charge in [-0.15, -0.1) is 0 Å². The summed E-state index contributed by atoms with van der Waals surface area (Å²) in [5.41, 5.74) is 6.93. The van der Waals surface area contributed by atoms with Crippen molar-refractivity contribution in [3.63, 3.8) is 0 Å². The molecule has 0 atom stereocenters. The summed E-state index contributed by atoms with van der Waals surface area (Å²) in [6.07, 6.45) is 1.70. The van der Waals surface area contributed by atoms with E-state index in [1.807, 2.05) is 19.9 Å². The summed E-state index contributed by atoms with van der Waals surface area (Å²) >= 11 is 3.12. The maximum atomic E-state index is 14.4. The topological polar surface area (TPSA) is 76.4 Å². The summed E-state index contributed by atoms with van der Waals surface area (Å²) in [5, 5.41) is 15.8. The largest absolute Gasteiger partial charge is 0.409 e. The number of benzene rings is 1. The molecule has 0 bridgehead atoms. The predicted molar refractivity (Wildman–Crippen MR) is 77.8 cm³/mol. The lowest BCUT2D eigenvalue weighted by Crippen LogP contribution is -2.15. The van der Waals surface area contributed by atoms with Crippen molar-refractivity contribution in [3.8, 4) is 5.69 Å². The predicted octanol–water partition coefficient (Wildman–Crippen LogP) is 2.99. The molecule has 0 amide bonds. The monoisotopic (exact) mass is 340 g/mol. The molecule has 0 aliphatic carbocycles. The van der Waals surface area contributed by atoms with E-state index in [1.165, 1.54) is 10.7 Å². The first kappa shape index (κ1) is 14.5. The summed E-state index contributed by atoms with van der Waals surface area (Å²) in [6, 6.07) is 4.94. The molecular weight excluding hydrogens is 327 g/mol. The fourth-order valence-electron chi connectivity index (χ4n) is 1.75. The Hall–Kier alpha value is -1.89. The Kier molecular flexibility index (Phi) is 4.08. The number of nitrogens with two attached hydrogens (primary N) is 1. The van der Waals surface area contributed by atoms with Crippen LogP contribution in [0, 0.1) is 5.82 Å². The fraction of sp³-hybridized carbons (Fsp3) is 0.231. The van der Waals surface area contributed by atoms with Crippen molar-refractivity contribution in [2.45, 2.75) is 19.8 Å². The van der Waals surface area contributed by atoms with Crippen molar-refractivity contribution in [2.24, 2.45) is 10.9 Å². The molecule has 2 aromatic rings. The van der Waals surface area contributed by atoms with Crippen LogP contribution in [0.25, 0.3) is 5.69 Å². The summed E-state index contributed by atoms with van der Waals surface area (Å²) in [4.78, 5) is 0. The van der Waals surface area contributed by atoms with Crippen LogP contribution in [0.2, 0.25) is 0 Å². The standard InChI is InChI=1S/C13H14BrFN4O/c1-7(2)9-5-6-19(17-9)10-4-3-8(13(16)18-20)11(14)12(10)15/h3-7,20H,1-2H3,(H2,16,18). The summed E-state index contributed by atoms with van der Waals surface area (Å²) < 4.78 is 16.0. The molecule has 5 nitrogen and oxygen atoms in total. The van der Waals surface area contributed by atoms with E-state index in [1.54, 1.807) is 12.3 Å². The van der Waals surface area contributed by atoms with Crippen LogP contribution in [0.4, 0.5) is 4.39 Å². The van der Waals surface area contributed by atoms with Crippen LogP contribution in [0.5, 0.6) is 0 Å². The molecule has 0 aliphatic heterocycles. The minimum absolute atomic E-state index is 0.131. The van der Waals surface area contributed by atoms with Gasteiger partial charge in [0.2, 0.25) is 0 Å². The maximum Gasteiger partial charge on any atom is 0.171 e. The van der Waals surface area contributed by atoms with Crippen LogP contribution in [-0.2, 0) is 0 Å². The van der Waals surface area contributed by atoms with Crippen molar-refractivity contribution >= 4 is 21.8 Å². The molecule has 0 saturated carbocycles. The second-order valence-corrected chi connectivity index (χ2v) is 5.38. The van der Waals surface area contributed by atoms with Crippen LogP contribution in [-0.4, -0.2) is 20.8 Å². The molecule has 0 saturated heterocycles. The van der Waals surface area contributed by atoms with Gasteiger partial charge in [-0.3, -0.25) is 0 Å². The molecule has 20 heavy (non-hydrogen) atoms. The lowest BCUT2D eigenvalue weighted by molar-refractivity contribution is 0.318. The molecule has 1 aromatic heterocycles. The molecule has 106 valence electrons. The Morgan fingerprint density at radius 3 is 2.70 bits per heavy atom. The Labute approximate surface area is 124 Å². The quantitative estimate of drug-likeness (QED) is 0.390. The molecule has 3 N–H and O–H groups in total. The van der Waals surface area contributed by atoms with Crippen LogP contribution >= 0.6 is 15.9 Å². The molecule has 2 rings (SSSR count). The van der Waals surface area contributed by atoms with Crippen LogP contribution < -0.4 is 5.73 Å². The molecule has 1 aromatic carbocycles. The highest BCUT2D eigenvalue weighted by molar-refractivity contribution is 9.10. The Morgan fingerprint density at radius 2 is 2.15 bits per heavy atom. The third-order valence-corrected chi connectivity index (χ3v) is 3.67. The highest BCUT2D eigenvalue weighted by Gasteiger charge is 2.16. The van der Waals surface area contributed by atoms with Crippen molar-refractivity contribution in [1.82, 2.24) is 9.78 Å². The van der Waals surface area contributed by atoms with Gasteiger partial charge in [-0.1, -0.05) is 19.0 Å². The van der Waals surface area contributed by atoms with Crippen LogP contribution in [0.1, 0.15) is 31.0 Å². The molecule has 0 radical (unpaired) electrons. The third-order valence-electron chi connectivity index (χ3n) is 2.89. The van der Waals surface area contributed by atoms with Gasteiger partial charge in [0.1, 0.15) is 5.69 Å². The summed E-state index contributed by atoms with van der Waals surface area (Å²) in [6.45, 7) is 4.03. The number of rotatable bonds is 3. The van der Waals surface area contributed by atoms with Crippen molar-refractivity contribution in [1.29, 1.82) is 0 Å². The number of nitrogens with zero attached hydrogens (tertiary/aromatic N) is 3. The second-order valence-electron chi connectivity index (χ2n) is 4.59. The minimum atomic E-state index is -0.521. The van der Waals surface area contributed by atoms with Gasteiger partial charge in [0.05, 0.1) is 10.2 Å². The third kappa shape index (κ3) is 2.53. The van der Waals surface area contributed by atoms with Crippen LogP contribution in [0.15, 0.2) is 34.0 Å². The number of amidine groups is 1. The highest BCUT2D eigenvalue weighted by atomic mass is 79.9. The van der Waals surface area contributed by atoms with Crippen LogP contribution in [0.3, 0.4) is 0 Å². The smallest absolute Gasteiger partial charge is 0.171 e. The lowest BCUT2D eigenvalue weighted by Gasteiger charge is -2.09. The first-order valence-corrected chi connectivity index (χ1v) is 6.76. The number of hydrogen-bond acceptors (Lipinski definition) is 3. The van der Waals surface area contributed by atoms with E-state index in [9.17, 15) is 4.39 Å². The zero-order chi connectivity index (χ0) is 14.9. The molecule has 1 heterocycles. The summed E-state index contributed by atoms with van der Waals surface area (Å²) in [7, 11) is 0. The Morgan fingerprint density at radius 1 is 1.45 bits per heavy atom. The first-order valence-electron chi connectivity index (χ1n) is 5.97.